The molecule has 2 heteroatoms. The van der Waals surface area contributed by atoms with Crippen LogP contribution in [-0.2, 0) is 12.8 Å². The first-order chi connectivity index (χ1) is 9.70. The van der Waals surface area contributed by atoms with Gasteiger partial charge in [0.15, 0.2) is 0 Å². The molecular weight excluding hydrogens is 249 g/mol. The molecular formula is C18H22FN. The number of nitrogens with one attached hydrogen (secondary N) is 1. The molecule has 0 heterocycles. The number of aryl methyl sites for hydroxylation is 1. The fourth-order valence-corrected chi connectivity index (χ4v) is 2.28. The van der Waals surface area contributed by atoms with E-state index in [0.717, 1.165) is 18.5 Å². The van der Waals surface area contributed by atoms with Gasteiger partial charge in [-0.1, -0.05) is 49.4 Å². The summed E-state index contributed by atoms with van der Waals surface area (Å²) in [6.07, 6.45) is 1.78. The average Bonchev–Trinajstić information content (AvgIpc) is 2.49. The van der Waals surface area contributed by atoms with Gasteiger partial charge in [-0.3, -0.25) is 0 Å². The van der Waals surface area contributed by atoms with Crippen molar-refractivity contribution in [1.29, 1.82) is 0 Å². The maximum Gasteiger partial charge on any atom is 0.126 e. The fraction of sp³-hybridized carbons (Fsp3) is 0.333. The van der Waals surface area contributed by atoms with Crippen LogP contribution in [0.3, 0.4) is 0 Å². The predicted octanol–water partition coefficient (Wildman–Crippen LogP) is 4.28. The minimum absolute atomic E-state index is 0.116. The second-order valence-corrected chi connectivity index (χ2v) is 5.11. The monoisotopic (exact) mass is 271 g/mol. The summed E-state index contributed by atoms with van der Waals surface area (Å²) in [4.78, 5) is 0. The third kappa shape index (κ3) is 3.91. The largest absolute Gasteiger partial charge is 0.310 e. The molecule has 0 saturated carbocycles. The first-order valence-corrected chi connectivity index (χ1v) is 7.26. The van der Waals surface area contributed by atoms with Crippen LogP contribution < -0.4 is 5.32 Å². The lowest BCUT2D eigenvalue weighted by molar-refractivity contribution is 0.559. The van der Waals surface area contributed by atoms with Crippen LogP contribution in [0.15, 0.2) is 48.5 Å². The Kier molecular flexibility index (Phi) is 5.31. The Labute approximate surface area is 120 Å². The van der Waals surface area contributed by atoms with Crippen LogP contribution in [0.25, 0.3) is 0 Å². The van der Waals surface area contributed by atoms with Crippen molar-refractivity contribution in [2.45, 2.75) is 32.7 Å². The van der Waals surface area contributed by atoms with E-state index >= 15 is 0 Å². The molecule has 0 aromatic heterocycles. The molecule has 0 radical (unpaired) electrons. The third-order valence-electron chi connectivity index (χ3n) is 3.69. The standard InChI is InChI=1S/C18H22FN/c1-3-15-8-10-16(11-9-15)14(2)20-13-12-17-6-4-5-7-18(17)19/h4-11,14,20H,3,12-13H2,1-2H3. The van der Waals surface area contributed by atoms with Gasteiger partial charge < -0.3 is 5.32 Å². The summed E-state index contributed by atoms with van der Waals surface area (Å²) in [5.41, 5.74) is 3.40. The second kappa shape index (κ2) is 7.20. The van der Waals surface area contributed by atoms with Crippen LogP contribution in [0.1, 0.15) is 36.6 Å². The van der Waals surface area contributed by atoms with E-state index in [2.05, 4.69) is 43.4 Å². The summed E-state index contributed by atoms with van der Waals surface area (Å²) in [5.74, 6) is -0.116. The second-order valence-electron chi connectivity index (χ2n) is 5.11. The Hall–Kier alpha value is -1.67. The van der Waals surface area contributed by atoms with Crippen LogP contribution in [-0.4, -0.2) is 6.54 Å². The summed E-state index contributed by atoms with van der Waals surface area (Å²) in [6.45, 7) is 5.07. The Morgan fingerprint density at radius 3 is 2.40 bits per heavy atom. The third-order valence-corrected chi connectivity index (χ3v) is 3.69. The molecule has 0 spiro atoms. The van der Waals surface area contributed by atoms with E-state index in [1.807, 2.05) is 12.1 Å². The quantitative estimate of drug-likeness (QED) is 0.827. The van der Waals surface area contributed by atoms with Crippen molar-refractivity contribution in [3.63, 3.8) is 0 Å². The maximum atomic E-state index is 13.5. The molecule has 2 aromatic rings. The maximum absolute atomic E-state index is 13.5. The minimum atomic E-state index is -0.116. The zero-order valence-corrected chi connectivity index (χ0v) is 12.2. The number of halogens is 1. The molecule has 0 saturated heterocycles. The van der Waals surface area contributed by atoms with Gasteiger partial charge in [-0.15, -0.1) is 0 Å². The van der Waals surface area contributed by atoms with E-state index in [0.29, 0.717) is 6.42 Å². The van der Waals surface area contributed by atoms with Gasteiger partial charge >= 0.3 is 0 Å². The zero-order chi connectivity index (χ0) is 14.4. The van der Waals surface area contributed by atoms with Crippen molar-refractivity contribution in [3.8, 4) is 0 Å². The lowest BCUT2D eigenvalue weighted by Crippen LogP contribution is -2.21. The highest BCUT2D eigenvalue weighted by Crippen LogP contribution is 2.14. The molecule has 2 rings (SSSR count). The number of rotatable bonds is 6. The predicted molar refractivity (Wildman–Crippen MR) is 82.3 cm³/mol. The van der Waals surface area contributed by atoms with Gasteiger partial charge in [-0.25, -0.2) is 4.39 Å². The van der Waals surface area contributed by atoms with Crippen molar-refractivity contribution in [2.24, 2.45) is 0 Å². The van der Waals surface area contributed by atoms with Crippen LogP contribution in [0.5, 0.6) is 0 Å². The van der Waals surface area contributed by atoms with Gasteiger partial charge in [0.25, 0.3) is 0 Å². The Balaban J connectivity index is 1.85. The van der Waals surface area contributed by atoms with Gasteiger partial charge in [0.2, 0.25) is 0 Å². The van der Waals surface area contributed by atoms with Crippen LogP contribution in [0.4, 0.5) is 4.39 Å². The number of hydrogen-bond donors (Lipinski definition) is 1. The molecule has 20 heavy (non-hydrogen) atoms. The molecule has 1 atom stereocenters. The van der Waals surface area contributed by atoms with Gasteiger partial charge in [0.1, 0.15) is 5.82 Å². The van der Waals surface area contributed by atoms with Crippen LogP contribution >= 0.6 is 0 Å². The van der Waals surface area contributed by atoms with Gasteiger partial charge in [-0.05, 0) is 49.1 Å². The summed E-state index contributed by atoms with van der Waals surface area (Å²) in [7, 11) is 0. The lowest BCUT2D eigenvalue weighted by Gasteiger charge is -2.15. The zero-order valence-electron chi connectivity index (χ0n) is 12.2. The van der Waals surface area contributed by atoms with Crippen molar-refractivity contribution in [3.05, 3.63) is 71.0 Å². The molecule has 0 amide bonds. The molecule has 106 valence electrons. The summed E-state index contributed by atoms with van der Waals surface area (Å²) < 4.78 is 13.5. The lowest BCUT2D eigenvalue weighted by atomic mass is 10.0. The summed E-state index contributed by atoms with van der Waals surface area (Å²) in [6, 6.07) is 15.9. The normalized spacial score (nSPS) is 12.3. The van der Waals surface area contributed by atoms with E-state index < -0.39 is 0 Å². The van der Waals surface area contributed by atoms with E-state index in [-0.39, 0.29) is 11.9 Å². The molecule has 0 aliphatic carbocycles. The molecule has 1 unspecified atom stereocenters. The first-order valence-electron chi connectivity index (χ1n) is 7.26. The van der Waals surface area contributed by atoms with Crippen molar-refractivity contribution in [1.82, 2.24) is 5.32 Å². The van der Waals surface area contributed by atoms with Gasteiger partial charge in [0.05, 0.1) is 0 Å². The topological polar surface area (TPSA) is 12.0 Å². The average molecular weight is 271 g/mol. The van der Waals surface area contributed by atoms with E-state index in [9.17, 15) is 4.39 Å². The van der Waals surface area contributed by atoms with E-state index in [1.165, 1.54) is 17.2 Å². The van der Waals surface area contributed by atoms with Crippen molar-refractivity contribution < 1.29 is 4.39 Å². The van der Waals surface area contributed by atoms with Crippen LogP contribution in [0.2, 0.25) is 0 Å². The fourth-order valence-electron chi connectivity index (χ4n) is 2.28. The minimum Gasteiger partial charge on any atom is -0.310 e. The number of benzene rings is 2. The molecule has 0 aliphatic rings. The Morgan fingerprint density at radius 1 is 1.05 bits per heavy atom. The van der Waals surface area contributed by atoms with Crippen molar-refractivity contribution in [2.75, 3.05) is 6.54 Å². The van der Waals surface area contributed by atoms with Crippen molar-refractivity contribution >= 4 is 0 Å². The smallest absolute Gasteiger partial charge is 0.126 e. The summed E-state index contributed by atoms with van der Waals surface area (Å²) >= 11 is 0. The first kappa shape index (κ1) is 14.7. The molecule has 2 aromatic carbocycles. The van der Waals surface area contributed by atoms with Gasteiger partial charge in [0, 0.05) is 6.04 Å². The van der Waals surface area contributed by atoms with E-state index in [1.54, 1.807) is 6.07 Å². The Morgan fingerprint density at radius 2 is 1.75 bits per heavy atom. The molecule has 0 bridgehead atoms. The highest BCUT2D eigenvalue weighted by Gasteiger charge is 2.05. The van der Waals surface area contributed by atoms with Crippen LogP contribution in [0, 0.1) is 5.82 Å². The molecule has 0 fully saturated rings. The molecule has 1 N–H and O–H groups in total. The highest BCUT2D eigenvalue weighted by atomic mass is 19.1. The molecule has 0 aliphatic heterocycles. The summed E-state index contributed by atoms with van der Waals surface area (Å²) in [5, 5.41) is 3.45. The highest BCUT2D eigenvalue weighted by molar-refractivity contribution is 5.24. The van der Waals surface area contributed by atoms with Gasteiger partial charge in [-0.2, -0.15) is 0 Å². The Bertz CT molecular complexity index is 533. The van der Waals surface area contributed by atoms with E-state index in [4.69, 9.17) is 0 Å². The molecule has 1 nitrogen and oxygen atoms in total. The number of hydrogen-bond acceptors (Lipinski definition) is 1. The SMILES string of the molecule is CCc1ccc(C(C)NCCc2ccccc2F)cc1.